The predicted octanol–water partition coefficient (Wildman–Crippen LogP) is -0.175. The maximum Gasteiger partial charge on any atom is 0.143 e. The van der Waals surface area contributed by atoms with Gasteiger partial charge < -0.3 is 10.2 Å². The van der Waals surface area contributed by atoms with Crippen LogP contribution in [0.1, 0.15) is 0 Å². The summed E-state index contributed by atoms with van der Waals surface area (Å²) >= 11 is 11.3. The van der Waals surface area contributed by atoms with Crippen molar-refractivity contribution in [2.75, 3.05) is 11.5 Å². The molecule has 2 atom stereocenters. The Kier molecular flexibility index (Phi) is 4.41. The van der Waals surface area contributed by atoms with Gasteiger partial charge in [-0.1, -0.05) is 0 Å². The molecule has 0 aliphatic heterocycles. The van der Waals surface area contributed by atoms with E-state index in [0.717, 1.165) is 0 Å². The molecule has 0 aliphatic carbocycles. The van der Waals surface area contributed by atoms with Crippen LogP contribution in [-0.2, 0) is 0 Å². The number of aliphatic hydroxyl groups excluding tert-OH is 1. The van der Waals surface area contributed by atoms with Gasteiger partial charge in [0.25, 0.3) is 0 Å². The van der Waals surface area contributed by atoms with Crippen molar-refractivity contribution in [3.8, 4) is 0 Å². The molecule has 0 aromatic heterocycles. The van der Waals surface area contributed by atoms with Crippen molar-refractivity contribution in [1.82, 2.24) is 0 Å². The van der Waals surface area contributed by atoms with Crippen molar-refractivity contribution in [3.05, 3.63) is 0 Å². The molecule has 56 valence electrons. The SMILES string of the molecule is O[C@H](CS)[C@@](O)(S)CS. The van der Waals surface area contributed by atoms with Crippen LogP contribution in [0.15, 0.2) is 0 Å². The van der Waals surface area contributed by atoms with Crippen LogP contribution in [0.25, 0.3) is 0 Å². The lowest BCUT2D eigenvalue weighted by Crippen LogP contribution is -2.39. The van der Waals surface area contributed by atoms with E-state index in [1.165, 1.54) is 0 Å². The lowest BCUT2D eigenvalue weighted by atomic mass is 10.2. The number of hydrogen-bond acceptors (Lipinski definition) is 5. The fraction of sp³-hybridized carbons (Fsp3) is 1.00. The first-order valence-electron chi connectivity index (χ1n) is 2.39. The topological polar surface area (TPSA) is 40.5 Å². The Labute approximate surface area is 70.9 Å². The third kappa shape index (κ3) is 3.04. The molecule has 0 unspecified atom stereocenters. The second-order valence-electron chi connectivity index (χ2n) is 1.74. The third-order valence-corrected chi connectivity index (χ3v) is 2.47. The fourth-order valence-corrected chi connectivity index (χ4v) is 1.000. The van der Waals surface area contributed by atoms with Crippen molar-refractivity contribution < 1.29 is 10.2 Å². The summed E-state index contributed by atoms with van der Waals surface area (Å²) in [5, 5.41) is 18.0. The van der Waals surface area contributed by atoms with Crippen LogP contribution in [0.5, 0.6) is 0 Å². The molecule has 0 spiro atoms. The van der Waals surface area contributed by atoms with E-state index in [1.807, 2.05) is 0 Å². The van der Waals surface area contributed by atoms with Gasteiger partial charge >= 0.3 is 0 Å². The van der Waals surface area contributed by atoms with E-state index in [-0.39, 0.29) is 11.5 Å². The molecule has 0 rings (SSSR count). The smallest absolute Gasteiger partial charge is 0.143 e. The maximum absolute atomic E-state index is 9.08. The molecular weight excluding hydrogens is 176 g/mol. The van der Waals surface area contributed by atoms with Gasteiger partial charge in [0.1, 0.15) is 11.0 Å². The molecule has 0 aliphatic rings. The standard InChI is InChI=1S/C4H10O2S3/c5-3(1-7)4(6,9)2-8/h3,5-9H,1-2H2/t3-,4+/m1/s1. The first-order valence-corrected chi connectivity index (χ1v) is 4.10. The second-order valence-corrected chi connectivity index (χ2v) is 3.19. The van der Waals surface area contributed by atoms with Gasteiger partial charge in [0.15, 0.2) is 0 Å². The van der Waals surface area contributed by atoms with E-state index in [4.69, 9.17) is 10.2 Å². The Balaban J connectivity index is 3.80. The molecule has 0 fully saturated rings. The van der Waals surface area contributed by atoms with E-state index >= 15 is 0 Å². The van der Waals surface area contributed by atoms with Gasteiger partial charge in [-0.15, -0.1) is 12.6 Å². The third-order valence-electron chi connectivity index (χ3n) is 0.939. The van der Waals surface area contributed by atoms with E-state index < -0.39 is 11.0 Å². The minimum absolute atomic E-state index is 0.109. The van der Waals surface area contributed by atoms with Gasteiger partial charge in [0, 0.05) is 11.5 Å². The monoisotopic (exact) mass is 186 g/mol. The molecular formula is C4H10O2S3. The minimum atomic E-state index is -1.41. The zero-order chi connectivity index (χ0) is 7.49. The van der Waals surface area contributed by atoms with Crippen LogP contribution in [0.4, 0.5) is 0 Å². The summed E-state index contributed by atoms with van der Waals surface area (Å²) in [5.74, 6) is 0.290. The first kappa shape index (κ1) is 9.97. The van der Waals surface area contributed by atoms with Gasteiger partial charge in [-0.05, 0) is 0 Å². The molecule has 0 amide bonds. The van der Waals surface area contributed by atoms with Crippen molar-refractivity contribution in [3.63, 3.8) is 0 Å². The fourth-order valence-electron chi connectivity index (χ4n) is 0.252. The van der Waals surface area contributed by atoms with Crippen LogP contribution in [0.3, 0.4) is 0 Å². The van der Waals surface area contributed by atoms with Gasteiger partial charge in [0.05, 0.1) is 0 Å². The van der Waals surface area contributed by atoms with Crippen molar-refractivity contribution in [1.29, 1.82) is 0 Å². The average molecular weight is 186 g/mol. The molecule has 0 bridgehead atoms. The highest BCUT2D eigenvalue weighted by Gasteiger charge is 2.28. The summed E-state index contributed by atoms with van der Waals surface area (Å²) in [5.41, 5.74) is 0. The van der Waals surface area contributed by atoms with E-state index in [9.17, 15) is 0 Å². The highest BCUT2D eigenvalue weighted by atomic mass is 32.1. The summed E-state index contributed by atoms with van der Waals surface area (Å²) in [6, 6.07) is 0. The van der Waals surface area contributed by atoms with Crippen LogP contribution in [0.2, 0.25) is 0 Å². The second kappa shape index (κ2) is 3.98. The largest absolute Gasteiger partial charge is 0.388 e. The van der Waals surface area contributed by atoms with Crippen molar-refractivity contribution >= 4 is 37.9 Å². The molecule has 0 saturated carbocycles. The van der Waals surface area contributed by atoms with E-state index in [1.54, 1.807) is 0 Å². The van der Waals surface area contributed by atoms with Crippen molar-refractivity contribution in [2.24, 2.45) is 0 Å². The van der Waals surface area contributed by atoms with Gasteiger partial charge in [-0.2, -0.15) is 25.3 Å². The summed E-state index contributed by atoms with van der Waals surface area (Å²) in [6.45, 7) is 0. The molecule has 2 N–H and O–H groups in total. The normalized spacial score (nSPS) is 21.0. The Morgan fingerprint density at radius 3 is 2.00 bits per heavy atom. The predicted molar refractivity (Wildman–Crippen MR) is 47.6 cm³/mol. The summed E-state index contributed by atoms with van der Waals surface area (Å²) in [6.07, 6.45) is -0.929. The zero-order valence-electron chi connectivity index (χ0n) is 4.73. The van der Waals surface area contributed by atoms with Gasteiger partial charge in [-0.25, -0.2) is 0 Å². The molecule has 0 saturated heterocycles. The lowest BCUT2D eigenvalue weighted by molar-refractivity contribution is 0.0259. The molecule has 0 aromatic rings. The maximum atomic E-state index is 9.08. The molecule has 0 radical (unpaired) electrons. The Hall–Kier alpha value is 0.970. The zero-order valence-corrected chi connectivity index (χ0v) is 7.41. The quantitative estimate of drug-likeness (QED) is 0.314. The number of rotatable bonds is 3. The number of hydrogen-bond donors (Lipinski definition) is 5. The van der Waals surface area contributed by atoms with Gasteiger partial charge in [-0.3, -0.25) is 0 Å². The Morgan fingerprint density at radius 2 is 1.89 bits per heavy atom. The number of aliphatic hydroxyl groups is 2. The molecule has 9 heavy (non-hydrogen) atoms. The highest BCUT2D eigenvalue weighted by Crippen LogP contribution is 2.17. The summed E-state index contributed by atoms with van der Waals surface area (Å²) < 4.78 is 0. The van der Waals surface area contributed by atoms with Crippen LogP contribution in [0, 0.1) is 0 Å². The molecule has 2 nitrogen and oxygen atoms in total. The Bertz CT molecular complexity index is 85.9. The summed E-state index contributed by atoms with van der Waals surface area (Å²) in [4.78, 5) is -1.41. The average Bonchev–Trinajstić information content (AvgIpc) is 1.86. The Morgan fingerprint density at radius 1 is 1.44 bits per heavy atom. The molecule has 0 aromatic carbocycles. The van der Waals surface area contributed by atoms with Gasteiger partial charge in [0.2, 0.25) is 0 Å². The molecule has 0 heterocycles. The molecule has 5 heteroatoms. The van der Waals surface area contributed by atoms with Crippen molar-refractivity contribution in [2.45, 2.75) is 11.0 Å². The number of thiol groups is 3. The summed E-state index contributed by atoms with van der Waals surface area (Å²) in [7, 11) is 0. The minimum Gasteiger partial charge on any atom is -0.388 e. The van der Waals surface area contributed by atoms with E-state index in [2.05, 4.69) is 37.9 Å². The first-order chi connectivity index (χ1) is 4.04. The lowest BCUT2D eigenvalue weighted by Gasteiger charge is -2.24. The van der Waals surface area contributed by atoms with Crippen LogP contribution in [-0.4, -0.2) is 32.8 Å². The highest BCUT2D eigenvalue weighted by molar-refractivity contribution is 7.85. The van der Waals surface area contributed by atoms with E-state index in [0.29, 0.717) is 0 Å². The van der Waals surface area contributed by atoms with Crippen LogP contribution >= 0.6 is 37.9 Å². The van der Waals surface area contributed by atoms with Crippen LogP contribution < -0.4 is 0 Å².